The van der Waals surface area contributed by atoms with Crippen molar-refractivity contribution in [2.45, 2.75) is 38.0 Å². The average molecular weight is 426 g/mol. The molecular formula is C17H20BrN3O3S. The Morgan fingerprint density at radius 3 is 2.40 bits per heavy atom. The van der Waals surface area contributed by atoms with E-state index in [4.69, 9.17) is 9.47 Å². The third kappa shape index (κ3) is 4.12. The molecule has 1 N–H and O–H groups in total. The molecule has 1 aromatic carbocycles. The monoisotopic (exact) mass is 425 g/mol. The number of anilines is 1. The fourth-order valence-electron chi connectivity index (χ4n) is 2.97. The SMILES string of the molecule is COc1cc(C(=O)Nc2nnc(C3CCCCC3)s2)cc(OC)c1Br. The van der Waals surface area contributed by atoms with Crippen molar-refractivity contribution >= 4 is 38.3 Å². The Balaban J connectivity index is 1.75. The van der Waals surface area contributed by atoms with Crippen molar-refractivity contribution in [2.24, 2.45) is 0 Å². The van der Waals surface area contributed by atoms with Crippen LogP contribution in [0.4, 0.5) is 5.13 Å². The van der Waals surface area contributed by atoms with Gasteiger partial charge in [0.1, 0.15) is 21.0 Å². The molecule has 0 saturated heterocycles. The van der Waals surface area contributed by atoms with Crippen LogP contribution in [0, 0.1) is 0 Å². The Kier molecular flexibility index (Phi) is 5.90. The first kappa shape index (κ1) is 18.1. The van der Waals surface area contributed by atoms with Gasteiger partial charge in [-0.3, -0.25) is 10.1 Å². The van der Waals surface area contributed by atoms with Gasteiger partial charge < -0.3 is 9.47 Å². The smallest absolute Gasteiger partial charge is 0.257 e. The summed E-state index contributed by atoms with van der Waals surface area (Å²) in [5, 5.41) is 12.7. The zero-order valence-corrected chi connectivity index (χ0v) is 16.6. The number of nitrogens with one attached hydrogen (secondary N) is 1. The Bertz CT molecular complexity index is 734. The van der Waals surface area contributed by atoms with Gasteiger partial charge in [0.2, 0.25) is 5.13 Å². The van der Waals surface area contributed by atoms with Crippen LogP contribution in [0.1, 0.15) is 53.4 Å². The molecule has 25 heavy (non-hydrogen) atoms. The number of aromatic nitrogens is 2. The van der Waals surface area contributed by atoms with Crippen LogP contribution >= 0.6 is 27.3 Å². The number of hydrogen-bond acceptors (Lipinski definition) is 6. The third-order valence-corrected chi connectivity index (χ3v) is 6.11. The highest BCUT2D eigenvalue weighted by Gasteiger charge is 2.21. The molecule has 0 radical (unpaired) electrons. The summed E-state index contributed by atoms with van der Waals surface area (Å²) in [7, 11) is 3.09. The van der Waals surface area contributed by atoms with Crippen molar-refractivity contribution in [1.82, 2.24) is 10.2 Å². The van der Waals surface area contributed by atoms with Crippen molar-refractivity contribution in [3.8, 4) is 11.5 Å². The van der Waals surface area contributed by atoms with E-state index >= 15 is 0 Å². The van der Waals surface area contributed by atoms with Crippen molar-refractivity contribution < 1.29 is 14.3 Å². The van der Waals surface area contributed by atoms with E-state index in [9.17, 15) is 4.79 Å². The van der Waals surface area contributed by atoms with Crippen molar-refractivity contribution in [3.05, 3.63) is 27.2 Å². The molecule has 1 aliphatic carbocycles. The molecule has 1 saturated carbocycles. The van der Waals surface area contributed by atoms with E-state index in [-0.39, 0.29) is 5.91 Å². The van der Waals surface area contributed by atoms with Gasteiger partial charge in [0, 0.05) is 11.5 Å². The molecule has 0 bridgehead atoms. The predicted molar refractivity (Wildman–Crippen MR) is 101 cm³/mol. The van der Waals surface area contributed by atoms with E-state index in [1.807, 2.05) is 0 Å². The Hall–Kier alpha value is -1.67. The van der Waals surface area contributed by atoms with Gasteiger partial charge >= 0.3 is 0 Å². The number of ether oxygens (including phenoxy) is 2. The number of carbonyl (C=O) groups is 1. The van der Waals surface area contributed by atoms with Crippen LogP contribution in [-0.4, -0.2) is 30.3 Å². The summed E-state index contributed by atoms with van der Waals surface area (Å²) in [4.78, 5) is 12.5. The van der Waals surface area contributed by atoms with E-state index in [1.165, 1.54) is 30.6 Å². The lowest BCUT2D eigenvalue weighted by Crippen LogP contribution is -2.12. The summed E-state index contributed by atoms with van der Waals surface area (Å²) in [5.41, 5.74) is 0.436. The summed E-state index contributed by atoms with van der Waals surface area (Å²) in [6.07, 6.45) is 6.09. The van der Waals surface area contributed by atoms with Crippen LogP contribution in [-0.2, 0) is 0 Å². The summed E-state index contributed by atoms with van der Waals surface area (Å²) >= 11 is 4.86. The zero-order chi connectivity index (χ0) is 17.8. The first-order valence-electron chi connectivity index (χ1n) is 8.18. The molecule has 0 spiro atoms. The first-order valence-corrected chi connectivity index (χ1v) is 9.79. The largest absolute Gasteiger partial charge is 0.495 e. The molecule has 2 aromatic rings. The average Bonchev–Trinajstić information content (AvgIpc) is 3.11. The van der Waals surface area contributed by atoms with Gasteiger partial charge in [-0.25, -0.2) is 0 Å². The van der Waals surface area contributed by atoms with Gasteiger partial charge in [0.15, 0.2) is 0 Å². The number of halogens is 1. The normalized spacial score (nSPS) is 15.0. The summed E-state index contributed by atoms with van der Waals surface area (Å²) < 4.78 is 11.2. The minimum Gasteiger partial charge on any atom is -0.495 e. The van der Waals surface area contributed by atoms with Gasteiger partial charge in [0.25, 0.3) is 5.91 Å². The molecule has 1 heterocycles. The number of amides is 1. The molecular weight excluding hydrogens is 406 g/mol. The number of rotatable bonds is 5. The van der Waals surface area contributed by atoms with Crippen molar-refractivity contribution in [3.63, 3.8) is 0 Å². The molecule has 1 aliphatic rings. The van der Waals surface area contributed by atoms with Crippen LogP contribution < -0.4 is 14.8 Å². The molecule has 1 amide bonds. The molecule has 0 aliphatic heterocycles. The predicted octanol–water partition coefficient (Wildman–Crippen LogP) is 4.62. The van der Waals surface area contributed by atoms with Crippen LogP contribution in [0.2, 0.25) is 0 Å². The fraction of sp³-hybridized carbons (Fsp3) is 0.471. The lowest BCUT2D eigenvalue weighted by molar-refractivity contribution is 0.102. The molecule has 6 nitrogen and oxygen atoms in total. The number of methoxy groups -OCH3 is 2. The second kappa shape index (κ2) is 8.14. The zero-order valence-electron chi connectivity index (χ0n) is 14.2. The number of nitrogens with zero attached hydrogens (tertiary/aromatic N) is 2. The van der Waals surface area contributed by atoms with Crippen LogP contribution in [0.3, 0.4) is 0 Å². The molecule has 0 unspecified atom stereocenters. The number of carbonyl (C=O) groups excluding carboxylic acids is 1. The maximum atomic E-state index is 12.5. The minimum absolute atomic E-state index is 0.268. The second-order valence-corrected chi connectivity index (χ2v) is 7.73. The number of benzene rings is 1. The lowest BCUT2D eigenvalue weighted by atomic mass is 9.90. The van der Waals surface area contributed by atoms with E-state index in [0.717, 1.165) is 17.8 Å². The summed E-state index contributed by atoms with van der Waals surface area (Å²) in [5.74, 6) is 1.27. The van der Waals surface area contributed by atoms with Crippen LogP contribution in [0.5, 0.6) is 11.5 Å². The highest BCUT2D eigenvalue weighted by atomic mass is 79.9. The van der Waals surface area contributed by atoms with Crippen molar-refractivity contribution in [2.75, 3.05) is 19.5 Å². The molecule has 1 fully saturated rings. The second-order valence-electron chi connectivity index (χ2n) is 5.93. The molecule has 8 heteroatoms. The molecule has 0 atom stereocenters. The Morgan fingerprint density at radius 1 is 1.16 bits per heavy atom. The van der Waals surface area contributed by atoms with Gasteiger partial charge in [-0.1, -0.05) is 30.6 Å². The van der Waals surface area contributed by atoms with E-state index in [1.54, 1.807) is 26.4 Å². The van der Waals surface area contributed by atoms with Crippen LogP contribution in [0.15, 0.2) is 16.6 Å². The maximum Gasteiger partial charge on any atom is 0.257 e. The quantitative estimate of drug-likeness (QED) is 0.756. The molecule has 134 valence electrons. The highest BCUT2D eigenvalue weighted by molar-refractivity contribution is 9.10. The van der Waals surface area contributed by atoms with E-state index in [0.29, 0.717) is 32.6 Å². The Morgan fingerprint density at radius 2 is 1.80 bits per heavy atom. The summed E-state index contributed by atoms with van der Waals surface area (Å²) in [6, 6.07) is 3.32. The highest BCUT2D eigenvalue weighted by Crippen LogP contribution is 2.37. The van der Waals surface area contributed by atoms with Gasteiger partial charge in [-0.05, 0) is 40.9 Å². The van der Waals surface area contributed by atoms with E-state index < -0.39 is 0 Å². The van der Waals surface area contributed by atoms with Crippen molar-refractivity contribution in [1.29, 1.82) is 0 Å². The standard InChI is InChI=1S/C17H20BrN3O3S/c1-23-12-8-11(9-13(24-2)14(12)18)15(22)19-17-21-20-16(25-17)10-6-4-3-5-7-10/h8-10H,3-7H2,1-2H3,(H,19,21,22). The topological polar surface area (TPSA) is 73.3 Å². The van der Waals surface area contributed by atoms with Gasteiger partial charge in [-0.15, -0.1) is 10.2 Å². The fourth-order valence-corrected chi connectivity index (χ4v) is 4.43. The minimum atomic E-state index is -0.268. The summed E-state index contributed by atoms with van der Waals surface area (Å²) in [6.45, 7) is 0. The number of hydrogen-bond donors (Lipinski definition) is 1. The van der Waals surface area contributed by atoms with Gasteiger partial charge in [-0.2, -0.15) is 0 Å². The third-order valence-electron chi connectivity index (χ3n) is 4.32. The van der Waals surface area contributed by atoms with Crippen LogP contribution in [0.25, 0.3) is 0 Å². The Labute approximate surface area is 159 Å². The maximum absolute atomic E-state index is 12.5. The molecule has 1 aromatic heterocycles. The molecule has 3 rings (SSSR count). The lowest BCUT2D eigenvalue weighted by Gasteiger charge is -2.18. The van der Waals surface area contributed by atoms with Gasteiger partial charge in [0.05, 0.1) is 14.2 Å². The van der Waals surface area contributed by atoms with E-state index in [2.05, 4.69) is 31.4 Å². The first-order chi connectivity index (χ1) is 12.1.